The van der Waals surface area contributed by atoms with Crippen LogP contribution in [0.1, 0.15) is 30.7 Å². The number of hydrogen-bond acceptors (Lipinski definition) is 2. The Morgan fingerprint density at radius 2 is 2.00 bits per heavy atom. The number of piperidine rings is 1. The Balaban J connectivity index is 1.73. The lowest BCUT2D eigenvalue weighted by atomic mass is 9.77. The molecule has 1 N–H and O–H groups in total. The lowest BCUT2D eigenvalue weighted by molar-refractivity contribution is 0.113. The fourth-order valence-electron chi connectivity index (χ4n) is 4.60. The van der Waals surface area contributed by atoms with Gasteiger partial charge in [0.05, 0.1) is 16.1 Å². The first kappa shape index (κ1) is 12.5. The molecule has 1 aromatic carbocycles. The van der Waals surface area contributed by atoms with Crippen LogP contribution in [-0.2, 0) is 0 Å². The van der Waals surface area contributed by atoms with Gasteiger partial charge in [0.1, 0.15) is 0 Å². The van der Waals surface area contributed by atoms with E-state index in [9.17, 15) is 5.11 Å². The van der Waals surface area contributed by atoms with Crippen LogP contribution in [0.3, 0.4) is 0 Å². The second-order valence-corrected chi connectivity index (χ2v) is 6.97. The third-order valence-corrected chi connectivity index (χ3v) is 6.08. The third-order valence-electron chi connectivity index (χ3n) is 5.34. The van der Waals surface area contributed by atoms with Crippen molar-refractivity contribution in [1.82, 2.24) is 4.90 Å². The zero-order valence-corrected chi connectivity index (χ0v) is 12.1. The number of aliphatic hydroxyl groups is 1. The highest BCUT2D eigenvalue weighted by molar-refractivity contribution is 6.42. The fourth-order valence-corrected chi connectivity index (χ4v) is 4.91. The molecule has 4 bridgehead atoms. The standard InChI is InChI=1S/C15H17Cl2NO/c16-11-3-1-8(5-12(11)17)10-6-9-2-4-13-15(10)14(19)7-18(9)13/h1,3,5,9-10,13-15,19H,2,4,6-7H2/t9?,10-,13?,14+,15?/m0/s1. The van der Waals surface area contributed by atoms with Crippen LogP contribution in [-0.4, -0.2) is 34.7 Å². The van der Waals surface area contributed by atoms with E-state index in [2.05, 4.69) is 11.0 Å². The zero-order valence-electron chi connectivity index (χ0n) is 10.6. The summed E-state index contributed by atoms with van der Waals surface area (Å²) in [6, 6.07) is 7.19. The predicted molar refractivity (Wildman–Crippen MR) is 76.8 cm³/mol. The van der Waals surface area contributed by atoms with Crippen molar-refractivity contribution in [2.24, 2.45) is 5.92 Å². The van der Waals surface area contributed by atoms with Crippen LogP contribution in [0.4, 0.5) is 0 Å². The molecule has 6 atom stereocenters. The van der Waals surface area contributed by atoms with Crippen LogP contribution in [0.15, 0.2) is 18.2 Å². The van der Waals surface area contributed by atoms with Crippen LogP contribution in [0.2, 0.25) is 10.0 Å². The zero-order chi connectivity index (χ0) is 13.1. The summed E-state index contributed by atoms with van der Waals surface area (Å²) in [6.45, 7) is 0.859. The van der Waals surface area contributed by atoms with Crippen LogP contribution in [0, 0.1) is 5.92 Å². The van der Waals surface area contributed by atoms with Gasteiger partial charge >= 0.3 is 0 Å². The SMILES string of the molecule is O[C@@H]1CN2C3CCC2C1[C@H](c1ccc(Cl)c(Cl)c1)C3. The monoisotopic (exact) mass is 297 g/mol. The number of aliphatic hydroxyl groups excluding tert-OH is 1. The molecule has 0 aromatic heterocycles. The van der Waals surface area contributed by atoms with Gasteiger partial charge in [-0.05, 0) is 42.9 Å². The summed E-state index contributed by atoms with van der Waals surface area (Å²) >= 11 is 12.2. The Labute approximate surface area is 123 Å². The van der Waals surface area contributed by atoms with Gasteiger partial charge in [-0.1, -0.05) is 29.3 Å². The first-order chi connectivity index (χ1) is 9.15. The lowest BCUT2D eigenvalue weighted by Gasteiger charge is -2.37. The molecule has 0 amide bonds. The minimum absolute atomic E-state index is 0.185. The summed E-state index contributed by atoms with van der Waals surface area (Å²) < 4.78 is 0. The fraction of sp³-hybridized carbons (Fsp3) is 0.600. The number of halogens is 2. The molecule has 0 saturated carbocycles. The maximum atomic E-state index is 10.4. The highest BCUT2D eigenvalue weighted by atomic mass is 35.5. The molecule has 4 unspecified atom stereocenters. The van der Waals surface area contributed by atoms with Crippen molar-refractivity contribution >= 4 is 23.2 Å². The van der Waals surface area contributed by atoms with Gasteiger partial charge in [-0.2, -0.15) is 0 Å². The molecule has 102 valence electrons. The van der Waals surface area contributed by atoms with E-state index in [1.54, 1.807) is 0 Å². The Kier molecular flexibility index (Phi) is 2.86. The Hall–Kier alpha value is -0.280. The van der Waals surface area contributed by atoms with Crippen molar-refractivity contribution in [3.63, 3.8) is 0 Å². The minimum Gasteiger partial charge on any atom is -0.391 e. The third kappa shape index (κ3) is 1.77. The molecule has 3 fully saturated rings. The predicted octanol–water partition coefficient (Wildman–Crippen LogP) is 3.30. The van der Waals surface area contributed by atoms with Crippen LogP contribution in [0.5, 0.6) is 0 Å². The summed E-state index contributed by atoms with van der Waals surface area (Å²) in [6.07, 6.45) is 3.49. The summed E-state index contributed by atoms with van der Waals surface area (Å²) in [5.41, 5.74) is 1.25. The topological polar surface area (TPSA) is 23.5 Å². The summed E-state index contributed by atoms with van der Waals surface area (Å²) in [5, 5.41) is 11.6. The van der Waals surface area contributed by atoms with E-state index >= 15 is 0 Å². The number of rotatable bonds is 1. The van der Waals surface area contributed by atoms with E-state index in [0.29, 0.717) is 34.0 Å². The summed E-state index contributed by atoms with van der Waals surface area (Å²) in [4.78, 5) is 2.53. The van der Waals surface area contributed by atoms with Gasteiger partial charge in [0.15, 0.2) is 0 Å². The Morgan fingerprint density at radius 3 is 2.79 bits per heavy atom. The molecule has 2 nitrogen and oxygen atoms in total. The molecular weight excluding hydrogens is 281 g/mol. The Bertz CT molecular complexity index is 521. The van der Waals surface area contributed by atoms with Gasteiger partial charge in [0.25, 0.3) is 0 Å². The highest BCUT2D eigenvalue weighted by Gasteiger charge is 2.55. The molecule has 3 saturated heterocycles. The molecule has 1 aromatic rings. The second kappa shape index (κ2) is 4.36. The number of benzene rings is 1. The van der Waals surface area contributed by atoms with Crippen LogP contribution < -0.4 is 0 Å². The first-order valence-corrected chi connectivity index (χ1v) is 7.79. The van der Waals surface area contributed by atoms with Crippen molar-refractivity contribution in [1.29, 1.82) is 0 Å². The molecule has 4 rings (SSSR count). The Morgan fingerprint density at radius 1 is 1.16 bits per heavy atom. The average Bonchev–Trinajstić information content (AvgIpc) is 2.78. The highest BCUT2D eigenvalue weighted by Crippen LogP contribution is 2.52. The van der Waals surface area contributed by atoms with Crippen molar-refractivity contribution < 1.29 is 5.11 Å². The second-order valence-electron chi connectivity index (χ2n) is 6.16. The first-order valence-electron chi connectivity index (χ1n) is 7.04. The van der Waals surface area contributed by atoms with E-state index in [1.165, 1.54) is 18.4 Å². The van der Waals surface area contributed by atoms with E-state index in [-0.39, 0.29) is 6.10 Å². The minimum atomic E-state index is -0.185. The maximum absolute atomic E-state index is 10.4. The van der Waals surface area contributed by atoms with Crippen LogP contribution in [0.25, 0.3) is 0 Å². The van der Waals surface area contributed by atoms with Gasteiger partial charge in [0.2, 0.25) is 0 Å². The molecule has 3 aliphatic rings. The molecule has 0 aliphatic carbocycles. The van der Waals surface area contributed by atoms with Crippen molar-refractivity contribution in [3.05, 3.63) is 33.8 Å². The van der Waals surface area contributed by atoms with Gasteiger partial charge in [-0.25, -0.2) is 0 Å². The van der Waals surface area contributed by atoms with Gasteiger partial charge in [-0.15, -0.1) is 0 Å². The molecule has 0 radical (unpaired) electrons. The van der Waals surface area contributed by atoms with Crippen LogP contribution >= 0.6 is 23.2 Å². The number of nitrogens with zero attached hydrogens (tertiary/aromatic N) is 1. The summed E-state index contributed by atoms with van der Waals surface area (Å²) in [7, 11) is 0. The van der Waals surface area contributed by atoms with E-state index in [4.69, 9.17) is 23.2 Å². The molecule has 3 aliphatic heterocycles. The smallest absolute Gasteiger partial charge is 0.0716 e. The van der Waals surface area contributed by atoms with Crippen molar-refractivity contribution in [3.8, 4) is 0 Å². The van der Waals surface area contributed by atoms with E-state index in [0.717, 1.165) is 13.0 Å². The molecule has 19 heavy (non-hydrogen) atoms. The maximum Gasteiger partial charge on any atom is 0.0716 e. The average molecular weight is 298 g/mol. The summed E-state index contributed by atoms with van der Waals surface area (Å²) in [5.74, 6) is 0.803. The van der Waals surface area contributed by atoms with Crippen molar-refractivity contribution in [2.75, 3.05) is 6.54 Å². The van der Waals surface area contributed by atoms with E-state index in [1.807, 2.05) is 12.1 Å². The van der Waals surface area contributed by atoms with Gasteiger partial charge in [-0.3, -0.25) is 4.90 Å². The largest absolute Gasteiger partial charge is 0.391 e. The van der Waals surface area contributed by atoms with Gasteiger partial charge < -0.3 is 5.11 Å². The quantitative estimate of drug-likeness (QED) is 0.860. The lowest BCUT2D eigenvalue weighted by Crippen LogP contribution is -2.41. The normalized spacial score (nSPS) is 43.7. The molecule has 4 heteroatoms. The number of hydrogen-bond donors (Lipinski definition) is 1. The molecule has 3 heterocycles. The molecular formula is C15H17Cl2NO. The molecule has 0 spiro atoms. The van der Waals surface area contributed by atoms with Gasteiger partial charge in [0, 0.05) is 24.5 Å². The van der Waals surface area contributed by atoms with Crippen molar-refractivity contribution in [2.45, 2.75) is 43.4 Å². The van der Waals surface area contributed by atoms with E-state index < -0.39 is 0 Å².